The van der Waals surface area contributed by atoms with E-state index in [-0.39, 0.29) is 17.2 Å². The molecular weight excluding hydrogens is 456 g/mol. The number of rotatable bonds is 4. The summed E-state index contributed by atoms with van der Waals surface area (Å²) in [5, 5.41) is 36.2. The molecule has 3 heteroatoms. The summed E-state index contributed by atoms with van der Waals surface area (Å²) in [6.07, 6.45) is 0. The largest absolute Gasteiger partial charge is 0.507 e. The van der Waals surface area contributed by atoms with E-state index in [0.29, 0.717) is 21.9 Å². The molecule has 3 N–H and O–H groups in total. The summed E-state index contributed by atoms with van der Waals surface area (Å²) >= 11 is 0. The molecule has 0 aliphatic heterocycles. The molecule has 0 aliphatic carbocycles. The maximum Gasteiger partial charge on any atom is 0.127 e. The molecule has 0 aliphatic rings. The van der Waals surface area contributed by atoms with E-state index in [1.54, 1.807) is 18.2 Å². The van der Waals surface area contributed by atoms with Gasteiger partial charge in [-0.3, -0.25) is 0 Å². The van der Waals surface area contributed by atoms with Crippen molar-refractivity contribution in [2.24, 2.45) is 0 Å². The zero-order valence-electron chi connectivity index (χ0n) is 20.4. The van der Waals surface area contributed by atoms with Gasteiger partial charge in [-0.1, -0.05) is 109 Å². The third kappa shape index (κ3) is 3.85. The van der Waals surface area contributed by atoms with E-state index >= 15 is 0 Å². The first-order valence-corrected chi connectivity index (χ1v) is 12.3. The SMILES string of the molecule is Cc1cccc2c(O)c(C(c3ccc(-c4ccccc4)cc3)c3ccc4c(O)cccc4c3O)ccc12. The van der Waals surface area contributed by atoms with Gasteiger partial charge >= 0.3 is 0 Å². The number of hydrogen-bond acceptors (Lipinski definition) is 3. The fourth-order valence-corrected chi connectivity index (χ4v) is 5.35. The lowest BCUT2D eigenvalue weighted by molar-refractivity contribution is 0.464. The van der Waals surface area contributed by atoms with E-state index in [1.165, 1.54) is 0 Å². The molecule has 6 rings (SSSR count). The van der Waals surface area contributed by atoms with E-state index in [1.807, 2.05) is 67.6 Å². The Balaban J connectivity index is 1.58. The van der Waals surface area contributed by atoms with Crippen LogP contribution in [0.25, 0.3) is 32.7 Å². The topological polar surface area (TPSA) is 60.7 Å². The lowest BCUT2D eigenvalue weighted by Gasteiger charge is -2.23. The maximum absolute atomic E-state index is 11.5. The predicted octanol–water partition coefficient (Wildman–Crippen LogP) is 8.27. The molecule has 0 aromatic heterocycles. The molecule has 6 aromatic carbocycles. The number of hydrogen-bond donors (Lipinski definition) is 3. The molecule has 0 radical (unpaired) electrons. The van der Waals surface area contributed by atoms with Crippen molar-refractivity contribution in [2.45, 2.75) is 12.8 Å². The van der Waals surface area contributed by atoms with Crippen LogP contribution in [0.2, 0.25) is 0 Å². The van der Waals surface area contributed by atoms with Crippen LogP contribution in [0.1, 0.15) is 28.2 Å². The summed E-state index contributed by atoms with van der Waals surface area (Å²) in [7, 11) is 0. The summed E-state index contributed by atoms with van der Waals surface area (Å²) in [6.45, 7) is 2.03. The Hall–Kier alpha value is -4.76. The molecule has 0 amide bonds. The first-order chi connectivity index (χ1) is 18.0. The van der Waals surface area contributed by atoms with Crippen LogP contribution >= 0.6 is 0 Å². The molecule has 0 saturated heterocycles. The van der Waals surface area contributed by atoms with Crippen LogP contribution in [0.5, 0.6) is 17.2 Å². The van der Waals surface area contributed by atoms with Gasteiger partial charge in [0.25, 0.3) is 0 Å². The lowest BCUT2D eigenvalue weighted by atomic mass is 9.81. The van der Waals surface area contributed by atoms with Crippen molar-refractivity contribution >= 4 is 21.5 Å². The van der Waals surface area contributed by atoms with Gasteiger partial charge in [0.05, 0.1) is 0 Å². The number of fused-ring (bicyclic) bond motifs is 2. The minimum Gasteiger partial charge on any atom is -0.507 e. The van der Waals surface area contributed by atoms with Gasteiger partial charge in [-0.15, -0.1) is 0 Å². The minimum atomic E-state index is -0.429. The predicted molar refractivity (Wildman–Crippen MR) is 150 cm³/mol. The molecule has 3 nitrogen and oxygen atoms in total. The quantitative estimate of drug-likeness (QED) is 0.222. The first-order valence-electron chi connectivity index (χ1n) is 12.3. The minimum absolute atomic E-state index is 0.0919. The highest BCUT2D eigenvalue weighted by molar-refractivity contribution is 5.95. The highest BCUT2D eigenvalue weighted by Crippen LogP contribution is 2.46. The summed E-state index contributed by atoms with van der Waals surface area (Å²) in [5.41, 5.74) is 5.62. The van der Waals surface area contributed by atoms with E-state index in [4.69, 9.17) is 0 Å². The third-order valence-electron chi connectivity index (χ3n) is 7.30. The molecular formula is C34H26O3. The Morgan fingerprint density at radius 1 is 0.459 bits per heavy atom. The van der Waals surface area contributed by atoms with E-state index in [2.05, 4.69) is 36.4 Å². The number of phenolic OH excluding ortho intramolecular Hbond substituents is 3. The van der Waals surface area contributed by atoms with Crippen molar-refractivity contribution in [3.8, 4) is 28.4 Å². The molecule has 0 saturated carbocycles. The van der Waals surface area contributed by atoms with Crippen LogP contribution in [0, 0.1) is 6.92 Å². The second-order valence-electron chi connectivity index (χ2n) is 9.47. The van der Waals surface area contributed by atoms with E-state index in [9.17, 15) is 15.3 Å². The van der Waals surface area contributed by atoms with Crippen molar-refractivity contribution in [2.75, 3.05) is 0 Å². The lowest BCUT2D eigenvalue weighted by Crippen LogP contribution is -2.05. The van der Waals surface area contributed by atoms with Crippen molar-refractivity contribution in [3.05, 3.63) is 138 Å². The molecule has 0 spiro atoms. The van der Waals surface area contributed by atoms with Crippen molar-refractivity contribution in [3.63, 3.8) is 0 Å². The molecule has 6 aromatic rings. The van der Waals surface area contributed by atoms with Crippen LogP contribution in [-0.4, -0.2) is 15.3 Å². The second-order valence-corrected chi connectivity index (χ2v) is 9.47. The van der Waals surface area contributed by atoms with E-state index < -0.39 is 5.92 Å². The average molecular weight is 483 g/mol. The van der Waals surface area contributed by atoms with Gasteiger partial charge in [-0.2, -0.15) is 0 Å². The second kappa shape index (κ2) is 9.03. The highest BCUT2D eigenvalue weighted by atomic mass is 16.3. The van der Waals surface area contributed by atoms with Gasteiger partial charge in [0.2, 0.25) is 0 Å². The Bertz CT molecular complexity index is 1660. The van der Waals surface area contributed by atoms with Gasteiger partial charge in [0, 0.05) is 33.2 Å². The number of aryl methyl sites for hydroxylation is 1. The Morgan fingerprint density at radius 2 is 1.03 bits per heavy atom. The fourth-order valence-electron chi connectivity index (χ4n) is 5.35. The normalized spacial score (nSPS) is 12.1. The number of aromatic hydroxyl groups is 3. The van der Waals surface area contributed by atoms with Crippen LogP contribution in [0.3, 0.4) is 0 Å². The highest BCUT2D eigenvalue weighted by Gasteiger charge is 2.25. The molecule has 180 valence electrons. The smallest absolute Gasteiger partial charge is 0.127 e. The molecule has 1 atom stereocenters. The van der Waals surface area contributed by atoms with E-state index in [0.717, 1.165) is 33.0 Å². The van der Waals surface area contributed by atoms with Gasteiger partial charge < -0.3 is 15.3 Å². The Labute approximate surface area is 215 Å². The molecule has 37 heavy (non-hydrogen) atoms. The van der Waals surface area contributed by atoms with Gasteiger partial charge in [-0.05, 0) is 40.6 Å². The number of benzene rings is 6. The Morgan fingerprint density at radius 3 is 1.70 bits per heavy atom. The van der Waals surface area contributed by atoms with Crippen molar-refractivity contribution < 1.29 is 15.3 Å². The monoisotopic (exact) mass is 482 g/mol. The molecule has 0 bridgehead atoms. The third-order valence-corrected chi connectivity index (χ3v) is 7.30. The molecule has 0 heterocycles. The zero-order chi connectivity index (χ0) is 25.5. The summed E-state index contributed by atoms with van der Waals surface area (Å²) in [4.78, 5) is 0. The summed E-state index contributed by atoms with van der Waals surface area (Å²) < 4.78 is 0. The van der Waals surface area contributed by atoms with Crippen LogP contribution in [0.15, 0.2) is 115 Å². The van der Waals surface area contributed by atoms with Crippen LogP contribution < -0.4 is 0 Å². The average Bonchev–Trinajstić information content (AvgIpc) is 2.93. The Kier molecular flexibility index (Phi) is 5.54. The maximum atomic E-state index is 11.5. The zero-order valence-corrected chi connectivity index (χ0v) is 20.4. The van der Waals surface area contributed by atoms with Gasteiger partial charge in [-0.25, -0.2) is 0 Å². The van der Waals surface area contributed by atoms with Crippen LogP contribution in [-0.2, 0) is 0 Å². The van der Waals surface area contributed by atoms with Gasteiger partial charge in [0.15, 0.2) is 0 Å². The standard InChI is InChI=1S/C34H26O3/c1-21-7-5-10-27-25(21)17-19-29(33(27)36)32(24-15-13-23(14-16-24)22-8-3-2-4-9-22)30-20-18-26-28(34(30)37)11-6-12-31(26)35/h2-20,32,35-37H,1H3. The van der Waals surface area contributed by atoms with Gasteiger partial charge in [0.1, 0.15) is 17.2 Å². The summed E-state index contributed by atoms with van der Waals surface area (Å²) in [6, 6.07) is 37.1. The van der Waals surface area contributed by atoms with Crippen molar-refractivity contribution in [1.82, 2.24) is 0 Å². The summed E-state index contributed by atoms with van der Waals surface area (Å²) in [5.74, 6) is -0.0170. The molecule has 1 unspecified atom stereocenters. The van der Waals surface area contributed by atoms with Crippen molar-refractivity contribution in [1.29, 1.82) is 0 Å². The molecule has 0 fully saturated rings. The number of phenols is 3. The fraction of sp³-hybridized carbons (Fsp3) is 0.0588. The first kappa shape index (κ1) is 22.7. The van der Waals surface area contributed by atoms with Crippen LogP contribution in [0.4, 0.5) is 0 Å².